The summed E-state index contributed by atoms with van der Waals surface area (Å²) < 4.78 is 4.74. The molecule has 1 aromatic heterocycles. The second-order valence-corrected chi connectivity index (χ2v) is 1.97. The van der Waals surface area contributed by atoms with Gasteiger partial charge in [0.15, 0.2) is 5.82 Å². The van der Waals surface area contributed by atoms with Crippen molar-refractivity contribution in [3.63, 3.8) is 0 Å². The van der Waals surface area contributed by atoms with Crippen molar-refractivity contribution in [2.24, 2.45) is 5.73 Å². The molecule has 0 fully saturated rings. The molecule has 11 heavy (non-hydrogen) atoms. The van der Waals surface area contributed by atoms with Gasteiger partial charge in [-0.2, -0.15) is 4.98 Å². The lowest BCUT2D eigenvalue weighted by Gasteiger charge is -1.91. The van der Waals surface area contributed by atoms with Gasteiger partial charge in [-0.05, 0) is 13.8 Å². The van der Waals surface area contributed by atoms with Crippen molar-refractivity contribution in [3.05, 3.63) is 11.7 Å². The van der Waals surface area contributed by atoms with E-state index in [2.05, 4.69) is 10.1 Å². The largest absolute Gasteiger partial charge is 0.412 e. The maximum atomic E-state index is 5.43. The summed E-state index contributed by atoms with van der Waals surface area (Å²) in [6.45, 7) is 3.56. The molecule has 0 aromatic carbocycles. The lowest BCUT2D eigenvalue weighted by atomic mass is 10.4. The summed E-state index contributed by atoms with van der Waals surface area (Å²) in [4.78, 5) is 3.91. The fourth-order valence-electron chi connectivity index (χ4n) is 0.498. The Kier molecular flexibility index (Phi) is 5.97. The van der Waals surface area contributed by atoms with Gasteiger partial charge in [0.2, 0.25) is 5.89 Å². The number of nitrogens with two attached hydrogens (primary N) is 1. The molecule has 1 atom stereocenters. The molecule has 0 aliphatic rings. The number of aromatic nitrogens is 2. The van der Waals surface area contributed by atoms with E-state index >= 15 is 0 Å². The van der Waals surface area contributed by atoms with E-state index < -0.39 is 0 Å². The quantitative estimate of drug-likeness (QED) is 0.659. The number of rotatable bonds is 1. The summed E-state index contributed by atoms with van der Waals surface area (Å²) in [6.07, 6.45) is 0. The van der Waals surface area contributed by atoms with Crippen LogP contribution in [0.5, 0.6) is 0 Å². The predicted molar refractivity (Wildman–Crippen MR) is 42.5 cm³/mol. The third-order valence-electron chi connectivity index (χ3n) is 0.933. The number of aryl methyl sites for hydroxylation is 1. The summed E-state index contributed by atoms with van der Waals surface area (Å²) in [5.74, 6) is 1.12. The summed E-state index contributed by atoms with van der Waals surface area (Å²) in [5.41, 5.74) is 5.43. The highest BCUT2D eigenvalue weighted by Crippen LogP contribution is 2.03. The monoisotopic (exact) mass is 181 g/mol. The van der Waals surface area contributed by atoms with Crippen LogP contribution in [0.1, 0.15) is 24.7 Å². The van der Waals surface area contributed by atoms with Crippen LogP contribution in [0.3, 0.4) is 0 Å². The van der Waals surface area contributed by atoms with E-state index in [1.807, 2.05) is 0 Å². The normalized spacial score (nSPS) is 11.2. The highest BCUT2D eigenvalue weighted by atomic mass is 35.5. The first-order chi connectivity index (χ1) is 4.20. The third kappa shape index (κ3) is 3.31. The molecule has 0 amide bonds. The van der Waals surface area contributed by atoms with Crippen molar-refractivity contribution in [1.82, 2.24) is 10.1 Å². The lowest BCUT2D eigenvalue weighted by molar-refractivity contribution is 0.358. The maximum absolute atomic E-state index is 5.43. The van der Waals surface area contributed by atoms with Crippen LogP contribution < -0.4 is 5.73 Å². The van der Waals surface area contributed by atoms with Gasteiger partial charge in [-0.3, -0.25) is 0 Å². The second-order valence-electron chi connectivity index (χ2n) is 1.97. The maximum Gasteiger partial charge on any atom is 0.243 e. The van der Waals surface area contributed by atoms with E-state index in [4.69, 9.17) is 10.3 Å². The van der Waals surface area contributed by atoms with Gasteiger partial charge in [0, 0.05) is 0 Å². The number of hydrogen-bond donors (Lipinski definition) is 1. The second kappa shape index (κ2) is 5.06. The van der Waals surface area contributed by atoms with Crippen LogP contribution in [0.25, 0.3) is 0 Å². The van der Waals surface area contributed by atoms with Gasteiger partial charge in [0.05, 0.1) is 6.04 Å². The standard InChI is InChI=1S/C5H9N3O.ClH.H2O/c1-3(6)5-7-4(2)8-9-5;;/h3H,6H2,1-2H3;1H;1H2. The summed E-state index contributed by atoms with van der Waals surface area (Å²) in [6, 6.07) is -0.161. The third-order valence-corrected chi connectivity index (χ3v) is 0.933. The minimum Gasteiger partial charge on any atom is -0.412 e. The molecule has 0 spiro atoms. The highest BCUT2D eigenvalue weighted by molar-refractivity contribution is 5.85. The summed E-state index contributed by atoms with van der Waals surface area (Å²) in [5, 5.41) is 3.57. The molecule has 0 bridgehead atoms. The van der Waals surface area contributed by atoms with Crippen LogP contribution in [0.2, 0.25) is 0 Å². The Balaban J connectivity index is 0. The van der Waals surface area contributed by atoms with Gasteiger partial charge in [0.25, 0.3) is 0 Å². The lowest BCUT2D eigenvalue weighted by Crippen LogP contribution is -2.04. The Morgan fingerprint density at radius 2 is 2.09 bits per heavy atom. The van der Waals surface area contributed by atoms with Gasteiger partial charge < -0.3 is 15.7 Å². The van der Waals surface area contributed by atoms with Crippen molar-refractivity contribution in [1.29, 1.82) is 0 Å². The number of nitrogens with zero attached hydrogens (tertiary/aromatic N) is 2. The minimum atomic E-state index is -0.161. The zero-order valence-corrected chi connectivity index (χ0v) is 7.18. The molecule has 1 heterocycles. The van der Waals surface area contributed by atoms with Crippen molar-refractivity contribution < 1.29 is 10.00 Å². The molecule has 4 N–H and O–H groups in total. The summed E-state index contributed by atoms with van der Waals surface area (Å²) >= 11 is 0. The van der Waals surface area contributed by atoms with Gasteiger partial charge in [-0.25, -0.2) is 0 Å². The van der Waals surface area contributed by atoms with Crippen LogP contribution in [0.4, 0.5) is 0 Å². The predicted octanol–water partition coefficient (Wildman–Crippen LogP) is -0.00518. The average Bonchev–Trinajstić information content (AvgIpc) is 2.14. The molecule has 6 heteroatoms. The molecule has 0 aliphatic heterocycles. The molecular formula is C5H12ClN3O2. The Morgan fingerprint density at radius 1 is 1.55 bits per heavy atom. The SMILES string of the molecule is Cc1noc(C(C)N)n1.Cl.O. The first kappa shape index (κ1) is 13.0. The highest BCUT2D eigenvalue weighted by Gasteiger charge is 2.05. The first-order valence-corrected chi connectivity index (χ1v) is 2.76. The fourth-order valence-corrected chi connectivity index (χ4v) is 0.498. The van der Waals surface area contributed by atoms with E-state index in [0.717, 1.165) is 0 Å². The van der Waals surface area contributed by atoms with E-state index in [-0.39, 0.29) is 23.9 Å². The average molecular weight is 182 g/mol. The van der Waals surface area contributed by atoms with Gasteiger partial charge in [0.1, 0.15) is 0 Å². The van der Waals surface area contributed by atoms with Gasteiger partial charge in [-0.1, -0.05) is 5.16 Å². The van der Waals surface area contributed by atoms with Crippen LogP contribution in [-0.2, 0) is 0 Å². The molecular weight excluding hydrogens is 170 g/mol. The van der Waals surface area contributed by atoms with E-state index in [1.165, 1.54) is 0 Å². The van der Waals surface area contributed by atoms with E-state index in [9.17, 15) is 0 Å². The van der Waals surface area contributed by atoms with E-state index in [1.54, 1.807) is 13.8 Å². The van der Waals surface area contributed by atoms with Crippen LogP contribution >= 0.6 is 12.4 Å². The Labute approximate surface area is 70.7 Å². The Morgan fingerprint density at radius 3 is 2.27 bits per heavy atom. The van der Waals surface area contributed by atoms with Crippen molar-refractivity contribution in [2.45, 2.75) is 19.9 Å². The van der Waals surface area contributed by atoms with Crippen LogP contribution in [-0.4, -0.2) is 15.6 Å². The molecule has 1 unspecified atom stereocenters. The zero-order valence-electron chi connectivity index (χ0n) is 6.37. The van der Waals surface area contributed by atoms with Crippen molar-refractivity contribution in [2.75, 3.05) is 0 Å². The molecule has 0 radical (unpaired) electrons. The molecule has 0 aliphatic carbocycles. The van der Waals surface area contributed by atoms with Crippen LogP contribution in [0, 0.1) is 6.92 Å². The molecule has 5 nitrogen and oxygen atoms in total. The molecule has 66 valence electrons. The zero-order chi connectivity index (χ0) is 6.85. The van der Waals surface area contributed by atoms with Crippen molar-refractivity contribution in [3.8, 4) is 0 Å². The molecule has 0 saturated carbocycles. The summed E-state index contributed by atoms with van der Waals surface area (Å²) in [7, 11) is 0. The fraction of sp³-hybridized carbons (Fsp3) is 0.600. The van der Waals surface area contributed by atoms with Crippen LogP contribution in [0.15, 0.2) is 4.52 Å². The smallest absolute Gasteiger partial charge is 0.243 e. The molecule has 1 aromatic rings. The Hall–Kier alpha value is -0.650. The molecule has 0 saturated heterocycles. The Bertz CT molecular complexity index is 201. The first-order valence-electron chi connectivity index (χ1n) is 2.76. The number of halogens is 1. The topological polar surface area (TPSA) is 96.4 Å². The van der Waals surface area contributed by atoms with E-state index in [0.29, 0.717) is 11.7 Å². The van der Waals surface area contributed by atoms with Crippen molar-refractivity contribution >= 4 is 12.4 Å². The van der Waals surface area contributed by atoms with Gasteiger partial charge in [-0.15, -0.1) is 12.4 Å². The van der Waals surface area contributed by atoms with Gasteiger partial charge >= 0.3 is 0 Å². The number of hydrogen-bond acceptors (Lipinski definition) is 4. The molecule has 1 rings (SSSR count). The minimum absolute atomic E-state index is 0.